The van der Waals surface area contributed by atoms with Crippen molar-refractivity contribution in [1.82, 2.24) is 5.32 Å². The molecule has 1 atom stereocenters. The first-order valence-electron chi connectivity index (χ1n) is 6.21. The molecule has 3 nitrogen and oxygen atoms in total. The van der Waals surface area contributed by atoms with Crippen LogP contribution in [0.15, 0.2) is 18.2 Å². The molecule has 0 bridgehead atoms. The highest BCUT2D eigenvalue weighted by Gasteiger charge is 2.15. The van der Waals surface area contributed by atoms with E-state index >= 15 is 0 Å². The molecule has 1 fully saturated rings. The summed E-state index contributed by atoms with van der Waals surface area (Å²) in [4.78, 5) is 0. The second kappa shape index (κ2) is 6.03. The Balaban J connectivity index is 2.08. The molecule has 0 spiro atoms. The first-order chi connectivity index (χ1) is 8.33. The van der Waals surface area contributed by atoms with Crippen LogP contribution in [-0.4, -0.2) is 26.8 Å². The Morgan fingerprint density at radius 1 is 1.35 bits per heavy atom. The highest BCUT2D eigenvalue weighted by Crippen LogP contribution is 2.22. The molecule has 1 unspecified atom stereocenters. The predicted octanol–water partition coefficient (Wildman–Crippen LogP) is 2.14. The number of methoxy groups -OCH3 is 2. The molecule has 1 heterocycles. The summed E-state index contributed by atoms with van der Waals surface area (Å²) >= 11 is 0. The maximum absolute atomic E-state index is 5.33. The van der Waals surface area contributed by atoms with Gasteiger partial charge < -0.3 is 14.8 Å². The normalized spacial score (nSPS) is 19.5. The summed E-state index contributed by atoms with van der Waals surface area (Å²) in [5, 5.41) is 3.52. The second-order valence-corrected chi connectivity index (χ2v) is 4.58. The maximum atomic E-state index is 5.33. The summed E-state index contributed by atoms with van der Waals surface area (Å²) in [5.74, 6) is 0.912. The molecule has 1 aromatic carbocycles. The van der Waals surface area contributed by atoms with Crippen LogP contribution >= 0.6 is 0 Å². The fourth-order valence-corrected chi connectivity index (χ4v) is 2.44. The molecule has 1 aliphatic heterocycles. The number of nitrogens with one attached hydrogen (secondary N) is 1. The van der Waals surface area contributed by atoms with Crippen LogP contribution in [0.2, 0.25) is 0 Å². The monoisotopic (exact) mass is 235 g/mol. The largest absolute Gasteiger partial charge is 0.496 e. The molecular formula is C14H21NO2. The minimum absolute atomic E-state index is 0.606. The third-order valence-electron chi connectivity index (χ3n) is 3.29. The number of ether oxygens (including phenoxy) is 2. The van der Waals surface area contributed by atoms with E-state index in [2.05, 4.69) is 17.4 Å². The molecule has 94 valence electrons. The SMILES string of the molecule is COCc1cc(CC2CCCN2)ccc1OC. The topological polar surface area (TPSA) is 30.5 Å². The van der Waals surface area contributed by atoms with Crippen LogP contribution < -0.4 is 10.1 Å². The molecule has 1 N–H and O–H groups in total. The number of rotatable bonds is 5. The molecule has 3 heteroatoms. The van der Waals surface area contributed by atoms with Crippen molar-refractivity contribution in [3.05, 3.63) is 29.3 Å². The summed E-state index contributed by atoms with van der Waals surface area (Å²) in [6, 6.07) is 7.03. The molecule has 17 heavy (non-hydrogen) atoms. The lowest BCUT2D eigenvalue weighted by atomic mass is 10.0. The zero-order chi connectivity index (χ0) is 12.1. The van der Waals surface area contributed by atoms with Gasteiger partial charge in [-0.25, -0.2) is 0 Å². The van der Waals surface area contributed by atoms with Crippen molar-refractivity contribution in [2.45, 2.75) is 31.9 Å². The number of hydrogen-bond donors (Lipinski definition) is 1. The molecular weight excluding hydrogens is 214 g/mol. The Labute approximate surface area is 103 Å². The van der Waals surface area contributed by atoms with Crippen LogP contribution in [0.3, 0.4) is 0 Å². The zero-order valence-corrected chi connectivity index (χ0v) is 10.7. The van der Waals surface area contributed by atoms with Gasteiger partial charge in [0.1, 0.15) is 5.75 Å². The van der Waals surface area contributed by atoms with Gasteiger partial charge >= 0.3 is 0 Å². The molecule has 0 saturated carbocycles. The number of benzene rings is 1. The van der Waals surface area contributed by atoms with E-state index in [1.54, 1.807) is 14.2 Å². The van der Waals surface area contributed by atoms with Crippen LogP contribution in [0.5, 0.6) is 5.75 Å². The van der Waals surface area contributed by atoms with Crippen molar-refractivity contribution >= 4 is 0 Å². The standard InChI is InChI=1S/C14H21NO2/c1-16-10-12-8-11(5-6-14(12)17-2)9-13-4-3-7-15-13/h5-6,8,13,15H,3-4,7,9-10H2,1-2H3. The lowest BCUT2D eigenvalue weighted by Crippen LogP contribution is -2.23. The second-order valence-electron chi connectivity index (χ2n) is 4.58. The summed E-state index contributed by atoms with van der Waals surface area (Å²) in [6.07, 6.45) is 3.68. The third-order valence-corrected chi connectivity index (χ3v) is 3.29. The highest BCUT2D eigenvalue weighted by atomic mass is 16.5. The van der Waals surface area contributed by atoms with Crippen LogP contribution in [0.25, 0.3) is 0 Å². The minimum atomic E-state index is 0.606. The van der Waals surface area contributed by atoms with E-state index in [1.807, 2.05) is 6.07 Å². The van der Waals surface area contributed by atoms with E-state index in [4.69, 9.17) is 9.47 Å². The molecule has 0 radical (unpaired) electrons. The Morgan fingerprint density at radius 2 is 2.24 bits per heavy atom. The van der Waals surface area contributed by atoms with Crippen molar-refractivity contribution < 1.29 is 9.47 Å². The van der Waals surface area contributed by atoms with Gasteiger partial charge in [-0.05, 0) is 43.5 Å². The van der Waals surface area contributed by atoms with Gasteiger partial charge in [0.2, 0.25) is 0 Å². The van der Waals surface area contributed by atoms with Gasteiger partial charge in [0.25, 0.3) is 0 Å². The summed E-state index contributed by atoms with van der Waals surface area (Å²) in [7, 11) is 3.41. The van der Waals surface area contributed by atoms with E-state index in [0.717, 1.165) is 24.3 Å². The van der Waals surface area contributed by atoms with Crippen molar-refractivity contribution in [3.8, 4) is 5.75 Å². The van der Waals surface area contributed by atoms with E-state index < -0.39 is 0 Å². The van der Waals surface area contributed by atoms with E-state index in [-0.39, 0.29) is 0 Å². The van der Waals surface area contributed by atoms with Gasteiger partial charge in [0.05, 0.1) is 13.7 Å². The molecule has 0 aliphatic carbocycles. The van der Waals surface area contributed by atoms with Gasteiger partial charge in [-0.1, -0.05) is 6.07 Å². The van der Waals surface area contributed by atoms with Crippen LogP contribution in [-0.2, 0) is 17.8 Å². The van der Waals surface area contributed by atoms with Gasteiger partial charge in [-0.3, -0.25) is 0 Å². The Hall–Kier alpha value is -1.06. The summed E-state index contributed by atoms with van der Waals surface area (Å²) in [5.41, 5.74) is 2.49. The van der Waals surface area contributed by atoms with Gasteiger partial charge in [-0.2, -0.15) is 0 Å². The van der Waals surface area contributed by atoms with Crippen LogP contribution in [0, 0.1) is 0 Å². The maximum Gasteiger partial charge on any atom is 0.124 e. The quantitative estimate of drug-likeness (QED) is 0.848. The first kappa shape index (κ1) is 12.4. The fraction of sp³-hybridized carbons (Fsp3) is 0.571. The van der Waals surface area contributed by atoms with Gasteiger partial charge in [-0.15, -0.1) is 0 Å². The average molecular weight is 235 g/mol. The molecule has 0 aromatic heterocycles. The number of hydrogen-bond acceptors (Lipinski definition) is 3. The lowest BCUT2D eigenvalue weighted by Gasteiger charge is -2.13. The zero-order valence-electron chi connectivity index (χ0n) is 10.7. The van der Waals surface area contributed by atoms with Gasteiger partial charge in [0.15, 0.2) is 0 Å². The molecule has 1 aromatic rings. The van der Waals surface area contributed by atoms with Crippen molar-refractivity contribution in [2.75, 3.05) is 20.8 Å². The summed E-state index contributed by atoms with van der Waals surface area (Å²) in [6.45, 7) is 1.76. The lowest BCUT2D eigenvalue weighted by molar-refractivity contribution is 0.181. The fourth-order valence-electron chi connectivity index (χ4n) is 2.44. The molecule has 2 rings (SSSR count). The average Bonchev–Trinajstić information content (AvgIpc) is 2.83. The predicted molar refractivity (Wildman–Crippen MR) is 68.4 cm³/mol. The Bertz CT molecular complexity index is 359. The molecule has 1 aliphatic rings. The molecule has 1 saturated heterocycles. The van der Waals surface area contributed by atoms with Crippen molar-refractivity contribution in [1.29, 1.82) is 0 Å². The Morgan fingerprint density at radius 3 is 2.88 bits per heavy atom. The van der Waals surface area contributed by atoms with E-state index in [9.17, 15) is 0 Å². The molecule has 0 amide bonds. The summed E-state index contributed by atoms with van der Waals surface area (Å²) < 4.78 is 10.5. The van der Waals surface area contributed by atoms with E-state index in [0.29, 0.717) is 12.6 Å². The van der Waals surface area contributed by atoms with Gasteiger partial charge in [0, 0.05) is 18.7 Å². The first-order valence-corrected chi connectivity index (χ1v) is 6.21. The van der Waals surface area contributed by atoms with Crippen molar-refractivity contribution in [2.24, 2.45) is 0 Å². The highest BCUT2D eigenvalue weighted by molar-refractivity contribution is 5.37. The van der Waals surface area contributed by atoms with Crippen molar-refractivity contribution in [3.63, 3.8) is 0 Å². The van der Waals surface area contributed by atoms with E-state index in [1.165, 1.54) is 18.4 Å². The van der Waals surface area contributed by atoms with Crippen LogP contribution in [0.1, 0.15) is 24.0 Å². The van der Waals surface area contributed by atoms with Crippen LogP contribution in [0.4, 0.5) is 0 Å². The Kier molecular flexibility index (Phi) is 4.40. The minimum Gasteiger partial charge on any atom is -0.496 e. The smallest absolute Gasteiger partial charge is 0.124 e. The third kappa shape index (κ3) is 3.20.